The van der Waals surface area contributed by atoms with E-state index in [-0.39, 0.29) is 17.9 Å². The normalized spacial score (nSPS) is 18.4. The number of aromatic nitrogens is 1. The molecule has 0 fully saturated rings. The molecule has 2 atom stereocenters. The standard InChI is InChI=1S/C18H20N2O4S/c1-5-23-17(22)15-10(3)19-18(25-15)20-16(21)13-8-6-7-12-9(2)11(4)24-14(12)13/h6-9,11H,5H2,1-4H3,(H,19,20,21). The molecule has 2 aromatic rings. The van der Waals surface area contributed by atoms with Crippen LogP contribution in [0.2, 0.25) is 0 Å². The van der Waals surface area contributed by atoms with Gasteiger partial charge < -0.3 is 9.47 Å². The molecule has 1 aromatic heterocycles. The molecule has 1 aromatic carbocycles. The largest absolute Gasteiger partial charge is 0.489 e. The number of para-hydroxylation sites is 1. The highest BCUT2D eigenvalue weighted by molar-refractivity contribution is 7.17. The smallest absolute Gasteiger partial charge is 0.350 e. The molecule has 3 rings (SSSR count). The van der Waals surface area contributed by atoms with Crippen molar-refractivity contribution in [3.63, 3.8) is 0 Å². The molecular formula is C18H20N2O4S. The van der Waals surface area contributed by atoms with Crippen LogP contribution in [-0.4, -0.2) is 29.6 Å². The molecular weight excluding hydrogens is 340 g/mol. The summed E-state index contributed by atoms with van der Waals surface area (Å²) in [7, 11) is 0. The summed E-state index contributed by atoms with van der Waals surface area (Å²) in [5.41, 5.74) is 2.04. The van der Waals surface area contributed by atoms with Gasteiger partial charge in [-0.3, -0.25) is 10.1 Å². The monoisotopic (exact) mass is 360 g/mol. The van der Waals surface area contributed by atoms with Gasteiger partial charge in [0.05, 0.1) is 17.9 Å². The number of nitrogens with zero attached hydrogens (tertiary/aromatic N) is 1. The summed E-state index contributed by atoms with van der Waals surface area (Å²) in [6.45, 7) is 7.82. The molecule has 0 bridgehead atoms. The third kappa shape index (κ3) is 3.24. The second kappa shape index (κ2) is 6.84. The summed E-state index contributed by atoms with van der Waals surface area (Å²) >= 11 is 1.11. The van der Waals surface area contributed by atoms with E-state index in [9.17, 15) is 9.59 Å². The van der Waals surface area contributed by atoms with Crippen LogP contribution in [-0.2, 0) is 4.74 Å². The van der Waals surface area contributed by atoms with E-state index in [0.717, 1.165) is 16.9 Å². The minimum Gasteiger partial charge on any atom is -0.489 e. The fourth-order valence-electron chi connectivity index (χ4n) is 2.76. The number of aryl methyl sites for hydroxylation is 1. The summed E-state index contributed by atoms with van der Waals surface area (Å²) in [4.78, 5) is 29.2. The third-order valence-corrected chi connectivity index (χ3v) is 5.32. The number of anilines is 1. The maximum absolute atomic E-state index is 12.7. The van der Waals surface area contributed by atoms with Crippen molar-refractivity contribution in [1.82, 2.24) is 4.98 Å². The molecule has 2 heterocycles. The maximum atomic E-state index is 12.7. The quantitative estimate of drug-likeness (QED) is 0.840. The Morgan fingerprint density at radius 1 is 1.36 bits per heavy atom. The van der Waals surface area contributed by atoms with Gasteiger partial charge in [-0.2, -0.15) is 0 Å². The predicted molar refractivity (Wildman–Crippen MR) is 95.7 cm³/mol. The van der Waals surface area contributed by atoms with Crippen molar-refractivity contribution in [1.29, 1.82) is 0 Å². The lowest BCUT2D eigenvalue weighted by atomic mass is 9.97. The SMILES string of the molecule is CCOC(=O)c1sc(NC(=O)c2cccc3c2OC(C)C3C)nc1C. The Hall–Kier alpha value is -2.41. The number of thiazole rings is 1. The molecule has 132 valence electrons. The van der Waals surface area contributed by atoms with Gasteiger partial charge in [0.25, 0.3) is 5.91 Å². The molecule has 1 aliphatic heterocycles. The van der Waals surface area contributed by atoms with Gasteiger partial charge in [0, 0.05) is 11.5 Å². The fraction of sp³-hybridized carbons (Fsp3) is 0.389. The highest BCUT2D eigenvalue weighted by atomic mass is 32.1. The first-order valence-electron chi connectivity index (χ1n) is 8.17. The van der Waals surface area contributed by atoms with Crippen molar-refractivity contribution in [2.24, 2.45) is 0 Å². The number of hydrogen-bond acceptors (Lipinski definition) is 6. The molecule has 0 radical (unpaired) electrons. The van der Waals surface area contributed by atoms with Crippen LogP contribution >= 0.6 is 11.3 Å². The summed E-state index contributed by atoms with van der Waals surface area (Å²) in [5, 5.41) is 3.12. The molecule has 0 saturated carbocycles. The molecule has 1 aliphatic rings. The van der Waals surface area contributed by atoms with Crippen LogP contribution in [0.5, 0.6) is 5.75 Å². The van der Waals surface area contributed by atoms with Crippen LogP contribution in [0.1, 0.15) is 58.0 Å². The number of fused-ring (bicyclic) bond motifs is 1. The van der Waals surface area contributed by atoms with Gasteiger partial charge in [0.2, 0.25) is 0 Å². The van der Waals surface area contributed by atoms with E-state index in [1.54, 1.807) is 19.9 Å². The molecule has 0 saturated heterocycles. The van der Waals surface area contributed by atoms with Crippen molar-refractivity contribution in [2.45, 2.75) is 39.7 Å². The lowest BCUT2D eigenvalue weighted by molar-refractivity contribution is 0.0531. The highest BCUT2D eigenvalue weighted by Gasteiger charge is 2.31. The van der Waals surface area contributed by atoms with Crippen LogP contribution < -0.4 is 10.1 Å². The van der Waals surface area contributed by atoms with Crippen molar-refractivity contribution in [2.75, 3.05) is 11.9 Å². The first-order valence-corrected chi connectivity index (χ1v) is 8.99. The first-order chi connectivity index (χ1) is 11.9. The number of carbonyl (C=O) groups excluding carboxylic acids is 2. The Balaban J connectivity index is 1.83. The number of ether oxygens (including phenoxy) is 2. The molecule has 7 heteroatoms. The maximum Gasteiger partial charge on any atom is 0.350 e. The van der Waals surface area contributed by atoms with Gasteiger partial charge in [0.1, 0.15) is 16.7 Å². The van der Waals surface area contributed by atoms with Crippen LogP contribution in [0.3, 0.4) is 0 Å². The average Bonchev–Trinajstić information content (AvgIpc) is 3.08. The Bertz CT molecular complexity index is 830. The van der Waals surface area contributed by atoms with Gasteiger partial charge in [-0.05, 0) is 26.8 Å². The molecule has 25 heavy (non-hydrogen) atoms. The number of nitrogens with one attached hydrogen (secondary N) is 1. The first kappa shape index (κ1) is 17.4. The van der Waals surface area contributed by atoms with Gasteiger partial charge >= 0.3 is 5.97 Å². The number of amides is 1. The summed E-state index contributed by atoms with van der Waals surface area (Å²) in [6.07, 6.45) is 0.0291. The van der Waals surface area contributed by atoms with Crippen LogP contribution in [0.25, 0.3) is 0 Å². The molecule has 2 unspecified atom stereocenters. The number of esters is 1. The number of benzene rings is 1. The zero-order valence-corrected chi connectivity index (χ0v) is 15.4. The minimum absolute atomic E-state index is 0.0291. The van der Waals surface area contributed by atoms with Gasteiger partial charge in [-0.15, -0.1) is 0 Å². The summed E-state index contributed by atoms with van der Waals surface area (Å²) in [6, 6.07) is 5.56. The molecule has 0 aliphatic carbocycles. The van der Waals surface area contributed by atoms with Crippen molar-refractivity contribution in [3.05, 3.63) is 39.9 Å². The second-order valence-electron chi connectivity index (χ2n) is 5.94. The Kier molecular flexibility index (Phi) is 4.76. The van der Waals surface area contributed by atoms with E-state index in [2.05, 4.69) is 17.2 Å². The van der Waals surface area contributed by atoms with E-state index < -0.39 is 5.97 Å². The fourth-order valence-corrected chi connectivity index (χ4v) is 3.62. The third-order valence-electron chi connectivity index (χ3n) is 4.27. The molecule has 1 amide bonds. The van der Waals surface area contributed by atoms with Crippen LogP contribution in [0.4, 0.5) is 5.13 Å². The van der Waals surface area contributed by atoms with Crippen LogP contribution in [0, 0.1) is 6.92 Å². The Morgan fingerprint density at radius 3 is 2.84 bits per heavy atom. The summed E-state index contributed by atoms with van der Waals surface area (Å²) in [5.74, 6) is 0.131. The number of rotatable bonds is 4. The predicted octanol–water partition coefficient (Wildman–Crippen LogP) is 3.76. The van der Waals surface area contributed by atoms with Crippen LogP contribution in [0.15, 0.2) is 18.2 Å². The van der Waals surface area contributed by atoms with Crippen molar-refractivity contribution in [3.8, 4) is 5.75 Å². The van der Waals surface area contributed by atoms with E-state index in [0.29, 0.717) is 33.6 Å². The minimum atomic E-state index is -0.426. The lowest BCUT2D eigenvalue weighted by Gasteiger charge is -2.09. The van der Waals surface area contributed by atoms with Gasteiger partial charge in [-0.1, -0.05) is 30.4 Å². The van der Waals surface area contributed by atoms with E-state index in [1.165, 1.54) is 0 Å². The molecule has 1 N–H and O–H groups in total. The van der Waals surface area contributed by atoms with E-state index in [1.807, 2.05) is 19.1 Å². The Labute approximate surface area is 150 Å². The van der Waals surface area contributed by atoms with E-state index >= 15 is 0 Å². The topological polar surface area (TPSA) is 77.5 Å². The van der Waals surface area contributed by atoms with Crippen molar-refractivity contribution < 1.29 is 19.1 Å². The molecule has 0 spiro atoms. The average molecular weight is 360 g/mol. The summed E-state index contributed by atoms with van der Waals surface area (Å²) < 4.78 is 10.9. The zero-order valence-electron chi connectivity index (χ0n) is 14.6. The van der Waals surface area contributed by atoms with Crippen molar-refractivity contribution >= 4 is 28.3 Å². The second-order valence-corrected chi connectivity index (χ2v) is 6.94. The number of hydrogen-bond donors (Lipinski definition) is 1. The Morgan fingerprint density at radius 2 is 2.12 bits per heavy atom. The highest BCUT2D eigenvalue weighted by Crippen LogP contribution is 2.40. The number of carbonyl (C=O) groups is 2. The molecule has 6 nitrogen and oxygen atoms in total. The van der Waals surface area contributed by atoms with E-state index in [4.69, 9.17) is 9.47 Å². The zero-order chi connectivity index (χ0) is 18.1. The van der Waals surface area contributed by atoms with Gasteiger partial charge in [0.15, 0.2) is 5.13 Å². The van der Waals surface area contributed by atoms with Gasteiger partial charge in [-0.25, -0.2) is 9.78 Å². The lowest BCUT2D eigenvalue weighted by Crippen LogP contribution is -2.14.